The predicted octanol–water partition coefficient (Wildman–Crippen LogP) is 2.88. The zero-order valence-corrected chi connectivity index (χ0v) is 10.8. The summed E-state index contributed by atoms with van der Waals surface area (Å²) in [5, 5.41) is 0. The lowest BCUT2D eigenvalue weighted by atomic mass is 9.97. The molecule has 106 valence electrons. The summed E-state index contributed by atoms with van der Waals surface area (Å²) in [5.41, 5.74) is 5.48. The average Bonchev–Trinajstić information content (AvgIpc) is 2.38. The molecule has 5 heteroatoms. The Morgan fingerprint density at radius 1 is 1.26 bits per heavy atom. The van der Waals surface area contributed by atoms with E-state index in [2.05, 4.69) is 4.90 Å². The summed E-state index contributed by atoms with van der Waals surface area (Å²) < 4.78 is 38.7. The molecule has 0 spiro atoms. The third-order valence-corrected chi connectivity index (χ3v) is 3.65. The smallest absolute Gasteiger partial charge is 0.330 e. The highest BCUT2D eigenvalue weighted by molar-refractivity contribution is 5.29. The molecule has 0 aromatic heterocycles. The molecule has 1 unspecified atom stereocenters. The van der Waals surface area contributed by atoms with Crippen LogP contribution in [0.3, 0.4) is 0 Å². The molecule has 1 aromatic rings. The molecule has 0 bridgehead atoms. The molecule has 1 saturated heterocycles. The van der Waals surface area contributed by atoms with E-state index in [0.29, 0.717) is 24.6 Å². The fraction of sp³-hybridized carbons (Fsp3) is 0.571. The van der Waals surface area contributed by atoms with Crippen molar-refractivity contribution >= 4 is 0 Å². The first-order valence-corrected chi connectivity index (χ1v) is 6.58. The van der Waals surface area contributed by atoms with Crippen LogP contribution in [-0.2, 0) is 12.7 Å². The van der Waals surface area contributed by atoms with E-state index in [4.69, 9.17) is 5.73 Å². The van der Waals surface area contributed by atoms with Gasteiger partial charge in [0.1, 0.15) is 0 Å². The third kappa shape index (κ3) is 3.70. The summed E-state index contributed by atoms with van der Waals surface area (Å²) in [5.74, 6) is 0.409. The first kappa shape index (κ1) is 14.3. The van der Waals surface area contributed by atoms with Crippen molar-refractivity contribution in [3.05, 3.63) is 35.4 Å². The van der Waals surface area contributed by atoms with Crippen molar-refractivity contribution in [2.75, 3.05) is 19.6 Å². The number of nitrogens with two attached hydrogens (primary N) is 1. The lowest BCUT2D eigenvalue weighted by Crippen LogP contribution is -2.38. The lowest BCUT2D eigenvalue weighted by molar-refractivity contribution is -0.138. The van der Waals surface area contributed by atoms with Gasteiger partial charge in [-0.05, 0) is 43.5 Å². The molecule has 0 amide bonds. The van der Waals surface area contributed by atoms with Crippen LogP contribution in [0.4, 0.5) is 13.2 Å². The van der Waals surface area contributed by atoms with Crippen LogP contribution in [0.15, 0.2) is 24.3 Å². The largest absolute Gasteiger partial charge is 0.416 e. The summed E-state index contributed by atoms with van der Waals surface area (Å²) in [6, 6.07) is 5.81. The van der Waals surface area contributed by atoms with Crippen molar-refractivity contribution in [3.8, 4) is 0 Å². The number of benzene rings is 1. The van der Waals surface area contributed by atoms with Gasteiger partial charge in [0.2, 0.25) is 0 Å². The Morgan fingerprint density at radius 3 is 2.68 bits per heavy atom. The van der Waals surface area contributed by atoms with E-state index in [-0.39, 0.29) is 0 Å². The van der Waals surface area contributed by atoms with Gasteiger partial charge in [0.25, 0.3) is 0 Å². The van der Waals surface area contributed by atoms with Crippen molar-refractivity contribution in [2.45, 2.75) is 25.6 Å². The Kier molecular flexibility index (Phi) is 4.47. The summed E-state index contributed by atoms with van der Waals surface area (Å²) in [4.78, 5) is 2.08. The highest BCUT2D eigenvalue weighted by Gasteiger charge is 2.33. The minimum Gasteiger partial charge on any atom is -0.330 e. The van der Waals surface area contributed by atoms with E-state index in [9.17, 15) is 13.2 Å². The first-order valence-electron chi connectivity index (χ1n) is 6.58. The van der Waals surface area contributed by atoms with Gasteiger partial charge in [0.05, 0.1) is 5.56 Å². The molecule has 2 nitrogen and oxygen atoms in total. The van der Waals surface area contributed by atoms with Crippen LogP contribution in [-0.4, -0.2) is 24.5 Å². The molecule has 1 atom stereocenters. The average molecular weight is 272 g/mol. The number of piperidine rings is 1. The Labute approximate surface area is 111 Å². The summed E-state index contributed by atoms with van der Waals surface area (Å²) >= 11 is 0. The van der Waals surface area contributed by atoms with E-state index >= 15 is 0 Å². The van der Waals surface area contributed by atoms with Crippen LogP contribution < -0.4 is 5.73 Å². The Morgan fingerprint density at radius 2 is 2.00 bits per heavy atom. The van der Waals surface area contributed by atoms with E-state index in [0.717, 1.165) is 32.0 Å². The highest BCUT2D eigenvalue weighted by Crippen LogP contribution is 2.32. The molecular weight excluding hydrogens is 253 g/mol. The van der Waals surface area contributed by atoms with Gasteiger partial charge in [-0.1, -0.05) is 18.2 Å². The monoisotopic (exact) mass is 272 g/mol. The maximum Gasteiger partial charge on any atom is 0.416 e. The van der Waals surface area contributed by atoms with Crippen molar-refractivity contribution < 1.29 is 13.2 Å². The number of likely N-dealkylation sites (tertiary alicyclic amines) is 1. The third-order valence-electron chi connectivity index (χ3n) is 3.65. The van der Waals surface area contributed by atoms with Crippen molar-refractivity contribution in [1.29, 1.82) is 0 Å². The van der Waals surface area contributed by atoms with Crippen LogP contribution in [0.2, 0.25) is 0 Å². The van der Waals surface area contributed by atoms with Gasteiger partial charge in [-0.25, -0.2) is 0 Å². The van der Waals surface area contributed by atoms with Crippen molar-refractivity contribution in [1.82, 2.24) is 4.90 Å². The SMILES string of the molecule is NCC1CCCN(Cc2ccccc2C(F)(F)F)C1. The highest BCUT2D eigenvalue weighted by atomic mass is 19.4. The molecule has 1 aliphatic heterocycles. The quantitative estimate of drug-likeness (QED) is 0.916. The van der Waals surface area contributed by atoms with Gasteiger partial charge < -0.3 is 5.73 Å². The molecule has 0 aliphatic carbocycles. The molecule has 2 rings (SSSR count). The molecular formula is C14H19F3N2. The molecule has 1 aliphatic rings. The second kappa shape index (κ2) is 5.92. The number of rotatable bonds is 3. The summed E-state index contributed by atoms with van der Waals surface area (Å²) in [6.45, 7) is 2.61. The number of hydrogen-bond acceptors (Lipinski definition) is 2. The Balaban J connectivity index is 2.11. The van der Waals surface area contributed by atoms with Crippen molar-refractivity contribution in [2.24, 2.45) is 11.7 Å². The zero-order valence-electron chi connectivity index (χ0n) is 10.8. The standard InChI is InChI=1S/C14H19F3N2/c15-14(16,17)13-6-2-1-5-12(13)10-19-7-3-4-11(8-18)9-19/h1-2,5-6,11H,3-4,7-10,18H2. The number of alkyl halides is 3. The second-order valence-electron chi connectivity index (χ2n) is 5.13. The number of hydrogen-bond donors (Lipinski definition) is 1. The zero-order chi connectivity index (χ0) is 13.9. The van der Waals surface area contributed by atoms with E-state index in [1.807, 2.05) is 0 Å². The van der Waals surface area contributed by atoms with E-state index in [1.54, 1.807) is 12.1 Å². The van der Waals surface area contributed by atoms with Gasteiger partial charge in [-0.3, -0.25) is 4.90 Å². The normalized spacial score (nSPS) is 21.6. The van der Waals surface area contributed by atoms with Gasteiger partial charge in [-0.15, -0.1) is 0 Å². The second-order valence-corrected chi connectivity index (χ2v) is 5.13. The molecule has 1 aromatic carbocycles. The van der Waals surface area contributed by atoms with Gasteiger partial charge in [0, 0.05) is 13.1 Å². The number of halogens is 3. The van der Waals surface area contributed by atoms with E-state index < -0.39 is 11.7 Å². The first-order chi connectivity index (χ1) is 9.00. The predicted molar refractivity (Wildman–Crippen MR) is 68.5 cm³/mol. The van der Waals surface area contributed by atoms with Crippen LogP contribution in [0, 0.1) is 5.92 Å². The fourth-order valence-electron chi connectivity index (χ4n) is 2.66. The fourth-order valence-corrected chi connectivity index (χ4v) is 2.66. The van der Waals surface area contributed by atoms with Crippen molar-refractivity contribution in [3.63, 3.8) is 0 Å². The van der Waals surface area contributed by atoms with Crippen LogP contribution >= 0.6 is 0 Å². The molecule has 1 fully saturated rings. The van der Waals surface area contributed by atoms with Gasteiger partial charge in [-0.2, -0.15) is 13.2 Å². The molecule has 2 N–H and O–H groups in total. The molecule has 1 heterocycles. The Bertz CT molecular complexity index is 417. The maximum atomic E-state index is 12.9. The molecule has 19 heavy (non-hydrogen) atoms. The van der Waals surface area contributed by atoms with Gasteiger partial charge >= 0.3 is 6.18 Å². The maximum absolute atomic E-state index is 12.9. The number of nitrogens with zero attached hydrogens (tertiary/aromatic N) is 1. The topological polar surface area (TPSA) is 29.3 Å². The van der Waals surface area contributed by atoms with Gasteiger partial charge in [0.15, 0.2) is 0 Å². The molecule has 0 radical (unpaired) electrons. The summed E-state index contributed by atoms with van der Waals surface area (Å²) in [6.07, 6.45) is -2.19. The summed E-state index contributed by atoms with van der Waals surface area (Å²) in [7, 11) is 0. The van der Waals surface area contributed by atoms with Crippen LogP contribution in [0.25, 0.3) is 0 Å². The minimum absolute atomic E-state index is 0.353. The minimum atomic E-state index is -4.28. The molecule has 0 saturated carbocycles. The lowest BCUT2D eigenvalue weighted by Gasteiger charge is -2.32. The van der Waals surface area contributed by atoms with Crippen LogP contribution in [0.1, 0.15) is 24.0 Å². The Hall–Kier alpha value is -1.07. The van der Waals surface area contributed by atoms with Crippen LogP contribution in [0.5, 0.6) is 0 Å². The van der Waals surface area contributed by atoms with E-state index in [1.165, 1.54) is 6.07 Å².